The number of methoxy groups -OCH3 is 2. The van der Waals surface area contributed by atoms with Crippen LogP contribution in [-0.2, 0) is 0 Å². The molecule has 0 aliphatic carbocycles. The lowest BCUT2D eigenvalue weighted by atomic mass is 10.0. The number of amides is 1. The van der Waals surface area contributed by atoms with Gasteiger partial charge in [-0.1, -0.05) is 0 Å². The largest absolute Gasteiger partial charge is 0.497 e. The molecule has 132 valence electrons. The highest BCUT2D eigenvalue weighted by atomic mass is 16.5. The summed E-state index contributed by atoms with van der Waals surface area (Å²) in [5.41, 5.74) is 0.530. The molecule has 7 heteroatoms. The predicted octanol–water partition coefficient (Wildman–Crippen LogP) is 2.21. The average Bonchev–Trinajstić information content (AvgIpc) is 2.68. The van der Waals surface area contributed by atoms with Crippen LogP contribution in [0.15, 0.2) is 36.5 Å². The van der Waals surface area contributed by atoms with Crippen LogP contribution in [0.2, 0.25) is 0 Å². The number of piperidine rings is 1. The van der Waals surface area contributed by atoms with Gasteiger partial charge in [0, 0.05) is 25.3 Å². The van der Waals surface area contributed by atoms with Crippen LogP contribution in [-0.4, -0.2) is 54.4 Å². The monoisotopic (exact) mass is 342 g/mol. The lowest BCUT2D eigenvalue weighted by Gasteiger charge is -2.32. The van der Waals surface area contributed by atoms with Gasteiger partial charge >= 0.3 is 0 Å². The molecule has 2 heterocycles. The summed E-state index contributed by atoms with van der Waals surface area (Å²) in [6, 6.07) is 9.30. The van der Waals surface area contributed by atoms with Gasteiger partial charge in [-0.05, 0) is 43.2 Å². The number of anilines is 1. The quantitative estimate of drug-likeness (QED) is 0.898. The smallest absolute Gasteiger partial charge is 0.257 e. The van der Waals surface area contributed by atoms with E-state index in [4.69, 9.17) is 9.47 Å². The Morgan fingerprint density at radius 2 is 2.00 bits per heavy atom. The van der Waals surface area contributed by atoms with Crippen LogP contribution < -0.4 is 14.8 Å². The molecule has 0 atom stereocenters. The zero-order valence-electron chi connectivity index (χ0n) is 14.4. The normalized spacial score (nSPS) is 14.9. The number of benzene rings is 1. The molecular formula is C18H22N4O3. The van der Waals surface area contributed by atoms with Gasteiger partial charge in [-0.2, -0.15) is 5.10 Å². The van der Waals surface area contributed by atoms with E-state index in [0.717, 1.165) is 18.7 Å². The van der Waals surface area contributed by atoms with Gasteiger partial charge in [-0.25, -0.2) is 0 Å². The van der Waals surface area contributed by atoms with Crippen molar-refractivity contribution in [2.45, 2.75) is 18.9 Å². The zero-order valence-corrected chi connectivity index (χ0v) is 14.4. The van der Waals surface area contributed by atoms with Gasteiger partial charge in [0.25, 0.3) is 5.91 Å². The fraction of sp³-hybridized carbons (Fsp3) is 0.389. The van der Waals surface area contributed by atoms with E-state index in [1.807, 2.05) is 17.0 Å². The molecule has 0 saturated carbocycles. The molecule has 0 radical (unpaired) electrons. The Morgan fingerprint density at radius 1 is 1.20 bits per heavy atom. The molecular weight excluding hydrogens is 320 g/mol. The summed E-state index contributed by atoms with van der Waals surface area (Å²) in [6.07, 6.45) is 3.36. The molecule has 0 bridgehead atoms. The maximum atomic E-state index is 12.9. The van der Waals surface area contributed by atoms with Crippen molar-refractivity contribution in [2.24, 2.45) is 0 Å². The second-order valence-corrected chi connectivity index (χ2v) is 5.89. The first-order valence-corrected chi connectivity index (χ1v) is 8.27. The van der Waals surface area contributed by atoms with Gasteiger partial charge in [0.15, 0.2) is 0 Å². The number of nitrogens with one attached hydrogen (secondary N) is 1. The zero-order chi connectivity index (χ0) is 17.6. The first kappa shape index (κ1) is 17.0. The summed E-state index contributed by atoms with van der Waals surface area (Å²) in [7, 11) is 3.15. The van der Waals surface area contributed by atoms with Crippen molar-refractivity contribution in [3.8, 4) is 11.5 Å². The topological polar surface area (TPSA) is 76.6 Å². The highest BCUT2D eigenvalue weighted by Crippen LogP contribution is 2.26. The minimum absolute atomic E-state index is 0.0336. The van der Waals surface area contributed by atoms with E-state index in [1.54, 1.807) is 38.6 Å². The molecule has 1 amide bonds. The Morgan fingerprint density at radius 3 is 2.64 bits per heavy atom. The van der Waals surface area contributed by atoms with Crippen molar-refractivity contribution in [1.82, 2.24) is 15.1 Å². The summed E-state index contributed by atoms with van der Waals surface area (Å²) >= 11 is 0. The van der Waals surface area contributed by atoms with Gasteiger partial charge in [0.05, 0.1) is 19.8 Å². The molecule has 1 fully saturated rings. The molecule has 1 N–H and O–H groups in total. The number of nitrogens with zero attached hydrogens (tertiary/aromatic N) is 3. The molecule has 25 heavy (non-hydrogen) atoms. The van der Waals surface area contributed by atoms with Crippen molar-refractivity contribution in [2.75, 3.05) is 32.6 Å². The van der Waals surface area contributed by atoms with Crippen LogP contribution in [0.4, 0.5) is 5.82 Å². The van der Waals surface area contributed by atoms with E-state index < -0.39 is 0 Å². The molecule has 1 aromatic heterocycles. The van der Waals surface area contributed by atoms with Crippen LogP contribution >= 0.6 is 0 Å². The van der Waals surface area contributed by atoms with Gasteiger partial charge in [-0.3, -0.25) is 4.79 Å². The number of aromatic nitrogens is 2. The van der Waals surface area contributed by atoms with Crippen molar-refractivity contribution < 1.29 is 14.3 Å². The summed E-state index contributed by atoms with van der Waals surface area (Å²) in [5.74, 6) is 1.93. The molecule has 1 aliphatic rings. The highest BCUT2D eigenvalue weighted by molar-refractivity contribution is 5.97. The van der Waals surface area contributed by atoms with Gasteiger partial charge in [0.1, 0.15) is 17.3 Å². The van der Waals surface area contributed by atoms with Crippen molar-refractivity contribution >= 4 is 11.7 Å². The standard InChI is InChI=1S/C18H22N4O3/c1-24-14-5-6-16(25-2)15(12-14)18(23)22-10-7-13(8-11-22)20-17-4-3-9-19-21-17/h3-6,9,12-13H,7-8,10-11H2,1-2H3,(H,20,21). The van der Waals surface area contributed by atoms with Gasteiger partial charge in [-0.15, -0.1) is 5.10 Å². The van der Waals surface area contributed by atoms with Crippen molar-refractivity contribution in [3.05, 3.63) is 42.1 Å². The lowest BCUT2D eigenvalue weighted by molar-refractivity contribution is 0.0714. The molecule has 0 spiro atoms. The van der Waals surface area contributed by atoms with E-state index in [9.17, 15) is 4.79 Å². The minimum atomic E-state index is -0.0336. The maximum absolute atomic E-state index is 12.9. The molecule has 7 nitrogen and oxygen atoms in total. The molecule has 1 saturated heterocycles. The van der Waals surface area contributed by atoms with Crippen molar-refractivity contribution in [3.63, 3.8) is 0 Å². The number of carbonyl (C=O) groups excluding carboxylic acids is 1. The number of likely N-dealkylation sites (tertiary alicyclic amines) is 1. The highest BCUT2D eigenvalue weighted by Gasteiger charge is 2.26. The molecule has 1 aromatic carbocycles. The fourth-order valence-electron chi connectivity index (χ4n) is 2.97. The number of hydrogen-bond donors (Lipinski definition) is 1. The van der Waals surface area contributed by atoms with Gasteiger partial charge < -0.3 is 19.7 Å². The Labute approximate surface area is 147 Å². The predicted molar refractivity (Wildman–Crippen MR) is 94.1 cm³/mol. The SMILES string of the molecule is COc1ccc(OC)c(C(=O)N2CCC(Nc3cccnn3)CC2)c1. The van der Waals surface area contributed by atoms with E-state index in [0.29, 0.717) is 30.2 Å². The van der Waals surface area contributed by atoms with E-state index in [1.165, 1.54) is 0 Å². The second-order valence-electron chi connectivity index (χ2n) is 5.89. The van der Waals surface area contributed by atoms with Crippen LogP contribution in [0, 0.1) is 0 Å². The lowest BCUT2D eigenvalue weighted by Crippen LogP contribution is -2.42. The van der Waals surface area contributed by atoms with Crippen LogP contribution in [0.3, 0.4) is 0 Å². The molecule has 0 unspecified atom stereocenters. The Kier molecular flexibility index (Phi) is 5.33. The molecule has 1 aliphatic heterocycles. The average molecular weight is 342 g/mol. The van der Waals surface area contributed by atoms with Crippen LogP contribution in [0.1, 0.15) is 23.2 Å². The fourth-order valence-corrected chi connectivity index (χ4v) is 2.97. The van der Waals surface area contributed by atoms with E-state index >= 15 is 0 Å². The third-order valence-corrected chi connectivity index (χ3v) is 4.34. The molecule has 3 rings (SSSR count). The summed E-state index contributed by atoms with van der Waals surface area (Å²) in [4.78, 5) is 14.7. The first-order valence-electron chi connectivity index (χ1n) is 8.27. The van der Waals surface area contributed by atoms with Crippen LogP contribution in [0.5, 0.6) is 11.5 Å². The number of ether oxygens (including phenoxy) is 2. The van der Waals surface area contributed by atoms with Crippen LogP contribution in [0.25, 0.3) is 0 Å². The first-order chi connectivity index (χ1) is 12.2. The second kappa shape index (κ2) is 7.83. The summed E-state index contributed by atoms with van der Waals surface area (Å²) < 4.78 is 10.6. The van der Waals surface area contributed by atoms with E-state index in [2.05, 4.69) is 15.5 Å². The summed E-state index contributed by atoms with van der Waals surface area (Å²) in [5, 5.41) is 11.3. The Bertz CT molecular complexity index is 716. The maximum Gasteiger partial charge on any atom is 0.257 e. The van der Waals surface area contributed by atoms with Crippen molar-refractivity contribution in [1.29, 1.82) is 0 Å². The molecule has 2 aromatic rings. The third kappa shape index (κ3) is 3.99. The summed E-state index contributed by atoms with van der Waals surface area (Å²) in [6.45, 7) is 1.36. The number of carbonyl (C=O) groups is 1. The van der Waals surface area contributed by atoms with E-state index in [-0.39, 0.29) is 11.9 Å². The third-order valence-electron chi connectivity index (χ3n) is 4.34. The van der Waals surface area contributed by atoms with Gasteiger partial charge in [0.2, 0.25) is 0 Å². The Balaban J connectivity index is 1.63. The minimum Gasteiger partial charge on any atom is -0.497 e. The Hall–Kier alpha value is -2.83. The number of rotatable bonds is 5. The number of hydrogen-bond acceptors (Lipinski definition) is 6.